The molecule has 53 valence electrons. The van der Waals surface area contributed by atoms with Crippen molar-refractivity contribution in [1.82, 2.24) is 19.7 Å². The summed E-state index contributed by atoms with van der Waals surface area (Å²) in [7, 11) is 0. The molecule has 0 saturated carbocycles. The van der Waals surface area contributed by atoms with E-state index in [1.54, 1.807) is 17.1 Å². The second kappa shape index (κ2) is 2.49. The molecule has 2 aromatic rings. The Balaban J connectivity index is 2.46. The third kappa shape index (κ3) is 1.10. The van der Waals surface area contributed by atoms with Gasteiger partial charge in [0.1, 0.15) is 12.1 Å². The van der Waals surface area contributed by atoms with Crippen LogP contribution in [0.25, 0.3) is 5.82 Å². The van der Waals surface area contributed by atoms with Crippen LogP contribution in [0.3, 0.4) is 0 Å². The van der Waals surface area contributed by atoms with Gasteiger partial charge >= 0.3 is 0 Å². The molecule has 0 atom stereocenters. The van der Waals surface area contributed by atoms with Crippen LogP contribution in [-0.4, -0.2) is 19.7 Å². The summed E-state index contributed by atoms with van der Waals surface area (Å²) in [4.78, 5) is 4.07. The number of aromatic nitrogens is 4. The Morgan fingerprint density at radius 3 is 3.00 bits per heavy atom. The molecular formula is C7H5N4. The van der Waals surface area contributed by atoms with Crippen molar-refractivity contribution in [2.75, 3.05) is 0 Å². The third-order valence-corrected chi connectivity index (χ3v) is 1.27. The topological polar surface area (TPSA) is 43.6 Å². The monoisotopic (exact) mass is 145 g/mol. The van der Waals surface area contributed by atoms with E-state index in [0.717, 1.165) is 5.82 Å². The van der Waals surface area contributed by atoms with Gasteiger partial charge in [-0.25, -0.2) is 4.98 Å². The van der Waals surface area contributed by atoms with E-state index >= 15 is 0 Å². The molecule has 0 bridgehead atoms. The summed E-state index contributed by atoms with van der Waals surface area (Å²) in [6, 6.07) is 5.61. The molecule has 0 aliphatic rings. The van der Waals surface area contributed by atoms with Crippen molar-refractivity contribution in [2.24, 2.45) is 0 Å². The number of rotatable bonds is 1. The average Bonchev–Trinajstić information content (AvgIpc) is 2.58. The predicted octanol–water partition coefficient (Wildman–Crippen LogP) is 0.462. The van der Waals surface area contributed by atoms with Gasteiger partial charge in [-0.15, -0.1) is 10.2 Å². The molecule has 0 N–H and O–H groups in total. The van der Waals surface area contributed by atoms with Crippen molar-refractivity contribution in [3.8, 4) is 5.82 Å². The molecule has 4 nitrogen and oxygen atoms in total. The number of hydrogen-bond donors (Lipinski definition) is 0. The van der Waals surface area contributed by atoms with Crippen molar-refractivity contribution >= 4 is 0 Å². The van der Waals surface area contributed by atoms with Crippen LogP contribution >= 0.6 is 0 Å². The molecule has 0 unspecified atom stereocenters. The summed E-state index contributed by atoms with van der Waals surface area (Å²) in [5.74, 6) is 0.775. The van der Waals surface area contributed by atoms with Crippen molar-refractivity contribution in [2.45, 2.75) is 0 Å². The van der Waals surface area contributed by atoms with Crippen molar-refractivity contribution < 1.29 is 0 Å². The first-order chi connectivity index (χ1) is 5.47. The molecule has 2 rings (SSSR count). The molecule has 4 heteroatoms. The fraction of sp³-hybridized carbons (Fsp3) is 0. The third-order valence-electron chi connectivity index (χ3n) is 1.27. The fourth-order valence-electron chi connectivity index (χ4n) is 0.784. The highest BCUT2D eigenvalue weighted by Gasteiger charge is 1.93. The van der Waals surface area contributed by atoms with Crippen LogP contribution in [0.15, 0.2) is 30.7 Å². The maximum absolute atomic E-state index is 4.07. The molecule has 0 spiro atoms. The number of hydrogen-bond acceptors (Lipinski definition) is 3. The molecular weight excluding hydrogens is 140 g/mol. The summed E-state index contributed by atoms with van der Waals surface area (Å²) in [5.41, 5.74) is 0. The van der Waals surface area contributed by atoms with Crippen LogP contribution in [0.2, 0.25) is 0 Å². The second-order valence-corrected chi connectivity index (χ2v) is 1.99. The smallest absolute Gasteiger partial charge is 0.208 e. The largest absolute Gasteiger partial charge is 0.262 e. The van der Waals surface area contributed by atoms with E-state index in [2.05, 4.69) is 21.5 Å². The van der Waals surface area contributed by atoms with Gasteiger partial charge in [0.15, 0.2) is 0 Å². The zero-order chi connectivity index (χ0) is 7.52. The first kappa shape index (κ1) is 6.03. The lowest BCUT2D eigenvalue weighted by atomic mass is 10.5. The quantitative estimate of drug-likeness (QED) is 0.585. The van der Waals surface area contributed by atoms with E-state index < -0.39 is 0 Å². The predicted molar refractivity (Wildman–Crippen MR) is 38.0 cm³/mol. The van der Waals surface area contributed by atoms with Gasteiger partial charge in [0, 0.05) is 6.20 Å². The first-order valence-electron chi connectivity index (χ1n) is 3.16. The van der Waals surface area contributed by atoms with Crippen molar-refractivity contribution in [3.63, 3.8) is 0 Å². The molecule has 11 heavy (non-hydrogen) atoms. The molecule has 0 saturated heterocycles. The fourth-order valence-corrected chi connectivity index (χ4v) is 0.784. The van der Waals surface area contributed by atoms with Crippen LogP contribution in [0, 0.1) is 6.33 Å². The zero-order valence-corrected chi connectivity index (χ0v) is 5.68. The normalized spacial score (nSPS) is 9.82. The highest BCUT2D eigenvalue weighted by molar-refractivity contribution is 5.19. The minimum Gasteiger partial charge on any atom is -0.262 e. The van der Waals surface area contributed by atoms with Gasteiger partial charge in [-0.2, -0.15) is 0 Å². The SMILES string of the molecule is [c]1nncn1-c1ccccn1. The van der Waals surface area contributed by atoms with Crippen LogP contribution < -0.4 is 0 Å². The van der Waals surface area contributed by atoms with Gasteiger partial charge in [0.05, 0.1) is 0 Å². The minimum atomic E-state index is 0.775. The highest BCUT2D eigenvalue weighted by atomic mass is 15.2. The van der Waals surface area contributed by atoms with Crippen LogP contribution in [0.1, 0.15) is 0 Å². The molecule has 0 amide bonds. The van der Waals surface area contributed by atoms with E-state index in [1.165, 1.54) is 0 Å². The summed E-state index contributed by atoms with van der Waals surface area (Å²) in [5, 5.41) is 7.16. The maximum atomic E-state index is 4.07. The van der Waals surface area contributed by atoms with Gasteiger partial charge in [0.2, 0.25) is 6.33 Å². The zero-order valence-electron chi connectivity index (χ0n) is 5.68. The Morgan fingerprint density at radius 2 is 2.36 bits per heavy atom. The van der Waals surface area contributed by atoms with E-state index in [1.807, 2.05) is 18.2 Å². The lowest BCUT2D eigenvalue weighted by Gasteiger charge is -1.95. The molecule has 0 fully saturated rings. The van der Waals surface area contributed by atoms with Crippen LogP contribution in [0.5, 0.6) is 0 Å². The van der Waals surface area contributed by atoms with E-state index in [-0.39, 0.29) is 0 Å². The average molecular weight is 145 g/mol. The molecule has 0 aromatic carbocycles. The van der Waals surface area contributed by atoms with Crippen LogP contribution in [-0.2, 0) is 0 Å². The van der Waals surface area contributed by atoms with Crippen molar-refractivity contribution in [1.29, 1.82) is 0 Å². The van der Waals surface area contributed by atoms with Gasteiger partial charge in [-0.3, -0.25) is 4.57 Å². The Bertz CT molecular complexity index is 313. The standard InChI is InChI=1S/C7H5N4/c1-2-4-8-7(3-1)11-5-9-10-6-11/h1-5H. The molecule has 0 aliphatic carbocycles. The minimum absolute atomic E-state index is 0.775. The van der Waals surface area contributed by atoms with Gasteiger partial charge in [0.25, 0.3) is 0 Å². The van der Waals surface area contributed by atoms with Crippen molar-refractivity contribution in [3.05, 3.63) is 37.1 Å². The summed E-state index contributed by atoms with van der Waals surface area (Å²) in [6.07, 6.45) is 5.92. The molecule has 0 aliphatic heterocycles. The van der Waals surface area contributed by atoms with Gasteiger partial charge < -0.3 is 0 Å². The van der Waals surface area contributed by atoms with Gasteiger partial charge in [-0.1, -0.05) is 6.07 Å². The van der Waals surface area contributed by atoms with Gasteiger partial charge in [-0.05, 0) is 12.1 Å². The summed E-state index contributed by atoms with van der Waals surface area (Å²) in [6.45, 7) is 0. The molecule has 2 heterocycles. The second-order valence-electron chi connectivity index (χ2n) is 1.99. The number of nitrogens with zero attached hydrogens (tertiary/aromatic N) is 4. The Labute approximate surface area is 63.5 Å². The highest BCUT2D eigenvalue weighted by Crippen LogP contribution is 1.98. The Morgan fingerprint density at radius 1 is 1.36 bits per heavy atom. The lowest BCUT2D eigenvalue weighted by molar-refractivity contribution is 0.982. The molecule has 1 radical (unpaired) electrons. The summed E-state index contributed by atoms with van der Waals surface area (Å²) >= 11 is 0. The Hall–Kier alpha value is -1.71. The first-order valence-corrected chi connectivity index (χ1v) is 3.16. The van der Waals surface area contributed by atoms with Crippen LogP contribution in [0.4, 0.5) is 0 Å². The van der Waals surface area contributed by atoms with E-state index in [4.69, 9.17) is 0 Å². The Kier molecular flexibility index (Phi) is 1.37. The maximum Gasteiger partial charge on any atom is 0.208 e. The van der Waals surface area contributed by atoms with E-state index in [9.17, 15) is 0 Å². The molecule has 2 aromatic heterocycles. The summed E-state index contributed by atoms with van der Waals surface area (Å²) < 4.78 is 1.62. The number of pyridine rings is 1. The lowest BCUT2D eigenvalue weighted by Crippen LogP contribution is -1.92. The van der Waals surface area contributed by atoms with E-state index in [0.29, 0.717) is 0 Å².